The lowest BCUT2D eigenvalue weighted by molar-refractivity contribution is -0.137. The Labute approximate surface area is 162 Å². The smallest absolute Gasteiger partial charge is 0.376 e. The van der Waals surface area contributed by atoms with Crippen LogP contribution in [0, 0.1) is 6.92 Å². The zero-order chi connectivity index (χ0) is 20.0. The summed E-state index contributed by atoms with van der Waals surface area (Å²) in [5.41, 5.74) is 0.894. The SMILES string of the molecule is Cc1cc(NC(=O)CNC(=O)CNc2cccc(C(F)(F)F)c2)ccc1Br. The van der Waals surface area contributed by atoms with E-state index in [0.717, 1.165) is 22.2 Å². The summed E-state index contributed by atoms with van der Waals surface area (Å²) in [5, 5.41) is 7.64. The zero-order valence-electron chi connectivity index (χ0n) is 14.3. The van der Waals surface area contributed by atoms with E-state index in [1.165, 1.54) is 12.1 Å². The Bertz CT molecular complexity index is 841. The first-order chi connectivity index (χ1) is 12.6. The first-order valence-corrected chi connectivity index (χ1v) is 8.68. The minimum atomic E-state index is -4.45. The third kappa shape index (κ3) is 6.59. The highest BCUT2D eigenvalue weighted by atomic mass is 79.9. The van der Waals surface area contributed by atoms with Gasteiger partial charge in [0, 0.05) is 15.8 Å². The average Bonchev–Trinajstić information content (AvgIpc) is 2.61. The van der Waals surface area contributed by atoms with Crippen LogP contribution in [0.15, 0.2) is 46.9 Å². The van der Waals surface area contributed by atoms with Gasteiger partial charge in [-0.3, -0.25) is 9.59 Å². The Hall–Kier alpha value is -2.55. The first-order valence-electron chi connectivity index (χ1n) is 7.89. The Kier molecular flexibility index (Phi) is 6.84. The van der Waals surface area contributed by atoms with Gasteiger partial charge in [0.25, 0.3) is 0 Å². The lowest BCUT2D eigenvalue weighted by atomic mass is 10.2. The van der Waals surface area contributed by atoms with Crippen LogP contribution in [0.3, 0.4) is 0 Å². The van der Waals surface area contributed by atoms with Crippen molar-refractivity contribution in [3.63, 3.8) is 0 Å². The molecule has 3 N–H and O–H groups in total. The van der Waals surface area contributed by atoms with Crippen LogP contribution in [-0.2, 0) is 15.8 Å². The molecule has 0 saturated heterocycles. The number of amides is 2. The van der Waals surface area contributed by atoms with Gasteiger partial charge in [-0.15, -0.1) is 0 Å². The summed E-state index contributed by atoms with van der Waals surface area (Å²) in [6, 6.07) is 9.81. The molecule has 0 fully saturated rings. The van der Waals surface area contributed by atoms with Crippen molar-refractivity contribution in [3.05, 3.63) is 58.1 Å². The third-order valence-electron chi connectivity index (χ3n) is 3.53. The molecular formula is C18H17BrF3N3O2. The fraction of sp³-hybridized carbons (Fsp3) is 0.222. The monoisotopic (exact) mass is 443 g/mol. The van der Waals surface area contributed by atoms with E-state index < -0.39 is 23.6 Å². The summed E-state index contributed by atoms with van der Waals surface area (Å²) in [4.78, 5) is 23.6. The Morgan fingerprint density at radius 3 is 2.41 bits per heavy atom. The summed E-state index contributed by atoms with van der Waals surface area (Å²) in [6.45, 7) is 1.37. The van der Waals surface area contributed by atoms with E-state index in [2.05, 4.69) is 31.9 Å². The van der Waals surface area contributed by atoms with Gasteiger partial charge in [-0.2, -0.15) is 13.2 Å². The number of rotatable bonds is 6. The summed E-state index contributed by atoms with van der Waals surface area (Å²) < 4.78 is 38.9. The molecule has 0 heterocycles. The summed E-state index contributed by atoms with van der Waals surface area (Å²) >= 11 is 3.36. The maximum absolute atomic E-state index is 12.6. The Balaban J connectivity index is 1.79. The summed E-state index contributed by atoms with van der Waals surface area (Å²) in [7, 11) is 0. The Morgan fingerprint density at radius 2 is 1.74 bits per heavy atom. The topological polar surface area (TPSA) is 70.2 Å². The van der Waals surface area contributed by atoms with Crippen molar-refractivity contribution in [2.75, 3.05) is 23.7 Å². The third-order valence-corrected chi connectivity index (χ3v) is 4.42. The van der Waals surface area contributed by atoms with Crippen LogP contribution in [0.5, 0.6) is 0 Å². The molecule has 0 atom stereocenters. The van der Waals surface area contributed by atoms with Crippen molar-refractivity contribution < 1.29 is 22.8 Å². The molecule has 5 nitrogen and oxygen atoms in total. The molecule has 0 radical (unpaired) electrons. The maximum atomic E-state index is 12.6. The Morgan fingerprint density at radius 1 is 1.00 bits per heavy atom. The second-order valence-electron chi connectivity index (χ2n) is 5.72. The molecule has 2 rings (SSSR count). The van der Waals surface area contributed by atoms with Gasteiger partial charge < -0.3 is 16.0 Å². The van der Waals surface area contributed by atoms with Crippen LogP contribution in [-0.4, -0.2) is 24.9 Å². The van der Waals surface area contributed by atoms with Crippen LogP contribution < -0.4 is 16.0 Å². The predicted octanol–water partition coefficient (Wildman–Crippen LogP) is 3.94. The van der Waals surface area contributed by atoms with E-state index in [4.69, 9.17) is 0 Å². The van der Waals surface area contributed by atoms with Crippen LogP contribution in [0.25, 0.3) is 0 Å². The molecule has 0 aliphatic rings. The van der Waals surface area contributed by atoms with E-state index in [0.29, 0.717) is 5.69 Å². The first kappa shape index (κ1) is 20.8. The summed E-state index contributed by atoms with van der Waals surface area (Å²) in [6.07, 6.45) is -4.45. The molecule has 2 aromatic rings. The van der Waals surface area contributed by atoms with E-state index in [1.807, 2.05) is 6.92 Å². The largest absolute Gasteiger partial charge is 0.416 e. The van der Waals surface area contributed by atoms with E-state index in [-0.39, 0.29) is 18.8 Å². The molecule has 0 spiro atoms. The average molecular weight is 444 g/mol. The molecule has 27 heavy (non-hydrogen) atoms. The van der Waals surface area contributed by atoms with Gasteiger partial charge in [-0.05, 0) is 48.9 Å². The molecule has 2 amide bonds. The van der Waals surface area contributed by atoms with E-state index >= 15 is 0 Å². The molecule has 0 unspecified atom stereocenters. The fourth-order valence-electron chi connectivity index (χ4n) is 2.16. The van der Waals surface area contributed by atoms with Crippen molar-refractivity contribution in [2.45, 2.75) is 13.1 Å². The summed E-state index contributed by atoms with van der Waals surface area (Å²) in [5.74, 6) is -0.932. The zero-order valence-corrected chi connectivity index (χ0v) is 15.9. The van der Waals surface area contributed by atoms with Gasteiger partial charge in [0.05, 0.1) is 18.7 Å². The number of aryl methyl sites for hydroxylation is 1. The van der Waals surface area contributed by atoms with Crippen molar-refractivity contribution in [3.8, 4) is 0 Å². The van der Waals surface area contributed by atoms with Gasteiger partial charge >= 0.3 is 6.18 Å². The highest BCUT2D eigenvalue weighted by Crippen LogP contribution is 2.30. The van der Waals surface area contributed by atoms with Crippen molar-refractivity contribution in [2.24, 2.45) is 0 Å². The normalized spacial score (nSPS) is 11.0. The van der Waals surface area contributed by atoms with Crippen molar-refractivity contribution >= 4 is 39.1 Å². The molecule has 0 aliphatic carbocycles. The van der Waals surface area contributed by atoms with Gasteiger partial charge in [0.1, 0.15) is 0 Å². The van der Waals surface area contributed by atoms with Crippen molar-refractivity contribution in [1.29, 1.82) is 0 Å². The number of nitrogens with one attached hydrogen (secondary N) is 3. The molecule has 9 heteroatoms. The number of anilines is 2. The standard InChI is InChI=1S/C18H17BrF3N3O2/c1-11-7-14(5-6-15(11)19)25-17(27)10-24-16(26)9-23-13-4-2-3-12(8-13)18(20,21)22/h2-8,23H,9-10H2,1H3,(H,24,26)(H,25,27). The minimum Gasteiger partial charge on any atom is -0.376 e. The molecule has 0 saturated carbocycles. The fourth-order valence-corrected chi connectivity index (χ4v) is 2.40. The maximum Gasteiger partial charge on any atom is 0.416 e. The number of alkyl halides is 3. The van der Waals surface area contributed by atoms with E-state index in [9.17, 15) is 22.8 Å². The van der Waals surface area contributed by atoms with E-state index in [1.54, 1.807) is 18.2 Å². The number of carbonyl (C=O) groups excluding carboxylic acids is 2. The number of carbonyl (C=O) groups is 2. The van der Waals surface area contributed by atoms with Crippen LogP contribution >= 0.6 is 15.9 Å². The molecule has 2 aromatic carbocycles. The number of hydrogen-bond donors (Lipinski definition) is 3. The molecule has 0 aliphatic heterocycles. The molecule has 0 bridgehead atoms. The van der Waals surface area contributed by atoms with Crippen LogP contribution in [0.1, 0.15) is 11.1 Å². The number of hydrogen-bond acceptors (Lipinski definition) is 3. The molecular weight excluding hydrogens is 427 g/mol. The van der Waals surface area contributed by atoms with Gasteiger partial charge in [0.15, 0.2) is 0 Å². The second kappa shape index (κ2) is 8.90. The van der Waals surface area contributed by atoms with Gasteiger partial charge in [-0.1, -0.05) is 22.0 Å². The van der Waals surface area contributed by atoms with Crippen LogP contribution in [0.4, 0.5) is 24.5 Å². The molecule has 0 aromatic heterocycles. The minimum absolute atomic E-state index is 0.162. The second-order valence-corrected chi connectivity index (χ2v) is 6.58. The van der Waals surface area contributed by atoms with Crippen molar-refractivity contribution in [1.82, 2.24) is 5.32 Å². The quantitative estimate of drug-likeness (QED) is 0.632. The molecule has 144 valence electrons. The van der Waals surface area contributed by atoms with Crippen LogP contribution in [0.2, 0.25) is 0 Å². The predicted molar refractivity (Wildman–Crippen MR) is 100 cm³/mol. The lowest BCUT2D eigenvalue weighted by Gasteiger charge is -2.11. The van der Waals surface area contributed by atoms with Gasteiger partial charge in [-0.25, -0.2) is 0 Å². The van der Waals surface area contributed by atoms with Gasteiger partial charge in [0.2, 0.25) is 11.8 Å². The lowest BCUT2D eigenvalue weighted by Crippen LogP contribution is -2.36. The number of benzene rings is 2. The highest BCUT2D eigenvalue weighted by Gasteiger charge is 2.30. The highest BCUT2D eigenvalue weighted by molar-refractivity contribution is 9.10. The number of halogens is 4.